The highest BCUT2D eigenvalue weighted by atomic mass is 16.6. The van der Waals surface area contributed by atoms with Crippen LogP contribution in [0.4, 0.5) is 0 Å². The first-order valence-corrected chi connectivity index (χ1v) is 3.78. The van der Waals surface area contributed by atoms with E-state index in [2.05, 4.69) is 9.99 Å². The minimum Gasteiger partial charge on any atom is -0.399 e. The molecule has 0 heterocycles. The maximum absolute atomic E-state index is 10.3. The van der Waals surface area contributed by atoms with Crippen LogP contribution in [-0.4, -0.2) is 19.1 Å². The van der Waals surface area contributed by atoms with Crippen LogP contribution in [0, 0.1) is 0 Å². The number of rotatable bonds is 3. The Bertz CT molecular complexity index is 251. The molecule has 3 heteroatoms. The van der Waals surface area contributed by atoms with Gasteiger partial charge in [0.25, 0.3) is 0 Å². The highest BCUT2D eigenvalue weighted by molar-refractivity contribution is 6.03. The van der Waals surface area contributed by atoms with E-state index >= 15 is 0 Å². The molecule has 0 fully saturated rings. The maximum atomic E-state index is 10.3. The van der Waals surface area contributed by atoms with E-state index < -0.39 is 0 Å². The Morgan fingerprint density at radius 1 is 1.75 bits per heavy atom. The first-order valence-electron chi connectivity index (χ1n) is 3.78. The van der Waals surface area contributed by atoms with Crippen LogP contribution < -0.4 is 0 Å². The Morgan fingerprint density at radius 2 is 2.58 bits per heavy atom. The van der Waals surface area contributed by atoms with Gasteiger partial charge in [-0.15, -0.1) is 0 Å². The molecule has 1 aliphatic carbocycles. The Hall–Kier alpha value is -1.38. The summed E-state index contributed by atoms with van der Waals surface area (Å²) >= 11 is 0. The van der Waals surface area contributed by atoms with Gasteiger partial charge in [0.1, 0.15) is 13.4 Å². The number of hydrogen-bond acceptors (Lipinski definition) is 3. The van der Waals surface area contributed by atoms with E-state index in [4.69, 9.17) is 0 Å². The lowest BCUT2D eigenvalue weighted by Crippen LogP contribution is -2.05. The third-order valence-corrected chi connectivity index (χ3v) is 1.62. The van der Waals surface area contributed by atoms with Gasteiger partial charge in [-0.05, 0) is 5.57 Å². The number of carbonyl (C=O) groups is 1. The van der Waals surface area contributed by atoms with Crippen LogP contribution in [0.3, 0.4) is 0 Å². The van der Waals surface area contributed by atoms with Crippen LogP contribution in [0.1, 0.15) is 12.8 Å². The summed E-state index contributed by atoms with van der Waals surface area (Å²) in [5.41, 5.74) is 1.78. The lowest BCUT2D eigenvalue weighted by Gasteiger charge is -2.07. The molecule has 0 atom stereocenters. The van der Waals surface area contributed by atoms with Crippen molar-refractivity contribution in [2.45, 2.75) is 12.8 Å². The van der Waals surface area contributed by atoms with E-state index in [1.807, 2.05) is 18.2 Å². The SMILES string of the molecule is CON=C1CC=CC=C1CC=O. The first-order chi connectivity index (χ1) is 5.88. The summed E-state index contributed by atoms with van der Waals surface area (Å²) in [6.07, 6.45) is 7.81. The van der Waals surface area contributed by atoms with Crippen LogP contribution in [0.5, 0.6) is 0 Å². The van der Waals surface area contributed by atoms with E-state index in [0.717, 1.165) is 24.0 Å². The van der Waals surface area contributed by atoms with E-state index in [1.54, 1.807) is 0 Å². The summed E-state index contributed by atoms with van der Waals surface area (Å²) in [6, 6.07) is 0. The van der Waals surface area contributed by atoms with Crippen molar-refractivity contribution >= 4 is 12.0 Å². The first kappa shape index (κ1) is 8.71. The molecule has 0 amide bonds. The van der Waals surface area contributed by atoms with Gasteiger partial charge >= 0.3 is 0 Å². The van der Waals surface area contributed by atoms with Crippen molar-refractivity contribution in [1.82, 2.24) is 0 Å². The second-order valence-electron chi connectivity index (χ2n) is 2.42. The zero-order valence-corrected chi connectivity index (χ0v) is 6.99. The largest absolute Gasteiger partial charge is 0.399 e. The van der Waals surface area contributed by atoms with Gasteiger partial charge in [0, 0.05) is 12.8 Å². The molecule has 0 unspecified atom stereocenters. The molecular weight excluding hydrogens is 154 g/mol. The monoisotopic (exact) mass is 165 g/mol. The molecule has 0 bridgehead atoms. The van der Waals surface area contributed by atoms with Crippen molar-refractivity contribution in [3.8, 4) is 0 Å². The quantitative estimate of drug-likeness (QED) is 0.469. The van der Waals surface area contributed by atoms with Crippen molar-refractivity contribution < 1.29 is 9.63 Å². The molecule has 1 rings (SSSR count). The normalized spacial score (nSPS) is 19.1. The predicted molar refractivity (Wildman–Crippen MR) is 47.0 cm³/mol. The number of allylic oxidation sites excluding steroid dienone is 4. The standard InChI is InChI=1S/C9H11NO2/c1-12-10-9-5-3-2-4-8(9)6-7-11/h2-4,7H,5-6H2,1H3. The molecule has 1 aliphatic rings. The molecule has 0 aromatic heterocycles. The van der Waals surface area contributed by atoms with Crippen LogP contribution in [0.25, 0.3) is 0 Å². The van der Waals surface area contributed by atoms with Crippen molar-refractivity contribution in [3.63, 3.8) is 0 Å². The smallest absolute Gasteiger partial charge is 0.124 e. The van der Waals surface area contributed by atoms with Gasteiger partial charge in [-0.2, -0.15) is 0 Å². The molecule has 0 radical (unpaired) electrons. The highest BCUT2D eigenvalue weighted by Gasteiger charge is 2.07. The summed E-state index contributed by atoms with van der Waals surface area (Å²) in [6.45, 7) is 0. The number of hydrogen-bond donors (Lipinski definition) is 0. The number of nitrogens with zero attached hydrogens (tertiary/aromatic N) is 1. The van der Waals surface area contributed by atoms with Crippen molar-refractivity contribution in [2.24, 2.45) is 5.16 Å². The molecule has 0 aromatic carbocycles. The van der Waals surface area contributed by atoms with Gasteiger partial charge in [0.05, 0.1) is 5.71 Å². The molecule has 0 saturated heterocycles. The Balaban J connectivity index is 2.76. The summed E-state index contributed by atoms with van der Waals surface area (Å²) in [5, 5.41) is 3.82. The third-order valence-electron chi connectivity index (χ3n) is 1.62. The number of aldehydes is 1. The molecule has 0 saturated carbocycles. The molecular formula is C9H11NO2. The Kier molecular flexibility index (Phi) is 3.26. The minimum atomic E-state index is 0.409. The Morgan fingerprint density at radius 3 is 3.25 bits per heavy atom. The van der Waals surface area contributed by atoms with E-state index in [0.29, 0.717) is 6.42 Å². The van der Waals surface area contributed by atoms with Gasteiger partial charge in [-0.25, -0.2) is 0 Å². The lowest BCUT2D eigenvalue weighted by atomic mass is 10.0. The zero-order chi connectivity index (χ0) is 8.81. The summed E-state index contributed by atoms with van der Waals surface area (Å²) in [5.74, 6) is 0. The van der Waals surface area contributed by atoms with Gasteiger partial charge in [0.2, 0.25) is 0 Å². The second-order valence-corrected chi connectivity index (χ2v) is 2.42. The fourth-order valence-electron chi connectivity index (χ4n) is 1.07. The van der Waals surface area contributed by atoms with Crippen molar-refractivity contribution in [3.05, 3.63) is 23.8 Å². The molecule has 3 nitrogen and oxygen atoms in total. The van der Waals surface area contributed by atoms with Crippen molar-refractivity contribution in [1.29, 1.82) is 0 Å². The minimum absolute atomic E-state index is 0.409. The van der Waals surface area contributed by atoms with Gasteiger partial charge in [-0.1, -0.05) is 23.4 Å². The van der Waals surface area contributed by atoms with Crippen LogP contribution in [-0.2, 0) is 9.63 Å². The highest BCUT2D eigenvalue weighted by Crippen LogP contribution is 2.12. The zero-order valence-electron chi connectivity index (χ0n) is 6.99. The average molecular weight is 165 g/mol. The van der Waals surface area contributed by atoms with Crippen molar-refractivity contribution in [2.75, 3.05) is 7.11 Å². The maximum Gasteiger partial charge on any atom is 0.124 e. The lowest BCUT2D eigenvalue weighted by molar-refractivity contribution is -0.107. The molecule has 12 heavy (non-hydrogen) atoms. The summed E-state index contributed by atoms with van der Waals surface area (Å²) in [7, 11) is 1.50. The fourth-order valence-corrected chi connectivity index (χ4v) is 1.07. The molecule has 0 spiro atoms. The predicted octanol–water partition coefficient (Wildman–Crippen LogP) is 1.46. The van der Waals surface area contributed by atoms with Crippen LogP contribution in [0.15, 0.2) is 29.0 Å². The van der Waals surface area contributed by atoms with Gasteiger partial charge < -0.3 is 9.63 Å². The molecule has 0 aliphatic heterocycles. The van der Waals surface area contributed by atoms with E-state index in [-0.39, 0.29) is 0 Å². The van der Waals surface area contributed by atoms with Gasteiger partial charge in [0.15, 0.2) is 0 Å². The fraction of sp³-hybridized carbons (Fsp3) is 0.333. The molecule has 64 valence electrons. The Labute approximate surface area is 71.4 Å². The van der Waals surface area contributed by atoms with E-state index in [9.17, 15) is 4.79 Å². The summed E-state index contributed by atoms with van der Waals surface area (Å²) in [4.78, 5) is 14.9. The molecule has 0 aromatic rings. The van der Waals surface area contributed by atoms with E-state index in [1.165, 1.54) is 7.11 Å². The topological polar surface area (TPSA) is 38.7 Å². The summed E-state index contributed by atoms with van der Waals surface area (Å²) < 4.78 is 0. The van der Waals surface area contributed by atoms with Gasteiger partial charge in [-0.3, -0.25) is 0 Å². The van der Waals surface area contributed by atoms with Crippen LogP contribution in [0.2, 0.25) is 0 Å². The third kappa shape index (κ3) is 2.05. The second kappa shape index (κ2) is 4.49. The number of oxime groups is 1. The molecule has 0 N–H and O–H groups in total. The number of carbonyl (C=O) groups excluding carboxylic acids is 1. The van der Waals surface area contributed by atoms with Crippen LogP contribution >= 0.6 is 0 Å². The average Bonchev–Trinajstić information content (AvgIpc) is 2.09.